The molecule has 1 aliphatic heterocycles. The molecule has 0 spiro atoms. The molecule has 6 nitrogen and oxygen atoms in total. The number of aromatic nitrogens is 3. The van der Waals surface area contributed by atoms with Gasteiger partial charge >= 0.3 is 0 Å². The van der Waals surface area contributed by atoms with Crippen LogP contribution in [0.3, 0.4) is 0 Å². The molecule has 1 aromatic carbocycles. The van der Waals surface area contributed by atoms with Gasteiger partial charge in [0.1, 0.15) is 11.3 Å². The van der Waals surface area contributed by atoms with Crippen molar-refractivity contribution in [3.8, 4) is 11.3 Å². The summed E-state index contributed by atoms with van der Waals surface area (Å²) in [6.45, 7) is 6.92. The van der Waals surface area contributed by atoms with Gasteiger partial charge in [0, 0.05) is 17.8 Å². The second-order valence-corrected chi connectivity index (χ2v) is 6.46. The number of aromatic amines is 1. The highest BCUT2D eigenvalue weighted by Crippen LogP contribution is 2.33. The molecule has 128 valence electrons. The molecule has 0 unspecified atom stereocenters. The average Bonchev–Trinajstić information content (AvgIpc) is 3.14. The predicted octanol–water partition coefficient (Wildman–Crippen LogP) is 3.56. The van der Waals surface area contributed by atoms with E-state index in [1.807, 2.05) is 38.1 Å². The fraction of sp³-hybridized carbons (Fsp3) is 0.316. The Morgan fingerprint density at radius 1 is 1.24 bits per heavy atom. The molecule has 0 saturated heterocycles. The number of para-hydroxylation sites is 1. The van der Waals surface area contributed by atoms with E-state index in [0.717, 1.165) is 52.5 Å². The standard InChI is InChI=1S/C19H21N5O/c1-4-8-20-18-11(3)21-14-7-5-6-12(17(14)24-18)15-9-13-16(23-15)10(2)22-19(13)25/h5-7,9-10,23H,4,8H2,1-3H3,(H,20,24)(H,22,25)/t10-/m1/s1. The normalized spacial score (nSPS) is 16.1. The van der Waals surface area contributed by atoms with Gasteiger partial charge in [-0.1, -0.05) is 19.1 Å². The molecule has 3 heterocycles. The number of rotatable bonds is 4. The van der Waals surface area contributed by atoms with Crippen LogP contribution in [0, 0.1) is 6.92 Å². The van der Waals surface area contributed by atoms with Crippen molar-refractivity contribution in [3.63, 3.8) is 0 Å². The zero-order valence-corrected chi connectivity index (χ0v) is 14.6. The van der Waals surface area contributed by atoms with Crippen LogP contribution in [0.2, 0.25) is 0 Å². The first kappa shape index (κ1) is 15.6. The lowest BCUT2D eigenvalue weighted by molar-refractivity contribution is 0.0958. The lowest BCUT2D eigenvalue weighted by atomic mass is 10.1. The minimum atomic E-state index is -0.0301. The van der Waals surface area contributed by atoms with Crippen molar-refractivity contribution >= 4 is 22.8 Å². The van der Waals surface area contributed by atoms with Gasteiger partial charge in [-0.15, -0.1) is 0 Å². The zero-order valence-electron chi connectivity index (χ0n) is 14.6. The van der Waals surface area contributed by atoms with Crippen LogP contribution >= 0.6 is 0 Å². The molecule has 0 radical (unpaired) electrons. The number of anilines is 1. The molecule has 0 saturated carbocycles. The Bertz CT molecular complexity index is 975. The molecule has 2 aromatic heterocycles. The molecule has 1 amide bonds. The predicted molar refractivity (Wildman–Crippen MR) is 98.7 cm³/mol. The quantitative estimate of drug-likeness (QED) is 0.681. The van der Waals surface area contributed by atoms with Crippen LogP contribution in [0.5, 0.6) is 0 Å². The Morgan fingerprint density at radius 2 is 2.08 bits per heavy atom. The van der Waals surface area contributed by atoms with E-state index in [2.05, 4.69) is 27.5 Å². The third-order valence-electron chi connectivity index (χ3n) is 4.58. The Labute approximate surface area is 146 Å². The summed E-state index contributed by atoms with van der Waals surface area (Å²) in [5.74, 6) is 0.782. The number of hydrogen-bond acceptors (Lipinski definition) is 4. The molecule has 3 aromatic rings. The van der Waals surface area contributed by atoms with E-state index in [1.165, 1.54) is 0 Å². The maximum Gasteiger partial charge on any atom is 0.253 e. The van der Waals surface area contributed by atoms with E-state index in [9.17, 15) is 4.79 Å². The van der Waals surface area contributed by atoms with Gasteiger partial charge in [-0.05, 0) is 32.4 Å². The second kappa shape index (κ2) is 5.88. The van der Waals surface area contributed by atoms with Crippen LogP contribution in [-0.2, 0) is 0 Å². The smallest absolute Gasteiger partial charge is 0.253 e. The number of fused-ring (bicyclic) bond motifs is 2. The molecule has 0 fully saturated rings. The van der Waals surface area contributed by atoms with E-state index in [1.54, 1.807) is 0 Å². The van der Waals surface area contributed by atoms with Crippen LogP contribution in [0.15, 0.2) is 24.3 Å². The number of amides is 1. The number of hydrogen-bond donors (Lipinski definition) is 3. The van der Waals surface area contributed by atoms with Gasteiger partial charge in [-0.2, -0.15) is 0 Å². The highest BCUT2D eigenvalue weighted by molar-refractivity contribution is 6.01. The van der Waals surface area contributed by atoms with Gasteiger partial charge in [-0.25, -0.2) is 9.97 Å². The summed E-state index contributed by atoms with van der Waals surface area (Å²) in [7, 11) is 0. The van der Waals surface area contributed by atoms with Crippen molar-refractivity contribution in [1.82, 2.24) is 20.3 Å². The van der Waals surface area contributed by atoms with Crippen molar-refractivity contribution in [3.05, 3.63) is 41.2 Å². The first-order valence-electron chi connectivity index (χ1n) is 8.64. The highest BCUT2D eigenvalue weighted by atomic mass is 16.2. The first-order valence-corrected chi connectivity index (χ1v) is 8.64. The van der Waals surface area contributed by atoms with Crippen LogP contribution in [0.25, 0.3) is 22.3 Å². The minimum Gasteiger partial charge on any atom is -0.369 e. The van der Waals surface area contributed by atoms with Gasteiger partial charge in [0.2, 0.25) is 0 Å². The van der Waals surface area contributed by atoms with E-state index in [0.29, 0.717) is 5.56 Å². The van der Waals surface area contributed by atoms with Crippen LogP contribution in [-0.4, -0.2) is 27.4 Å². The number of nitrogens with zero attached hydrogens (tertiary/aromatic N) is 2. The summed E-state index contributed by atoms with van der Waals surface area (Å²) in [6.07, 6.45) is 1.02. The second-order valence-electron chi connectivity index (χ2n) is 6.46. The summed E-state index contributed by atoms with van der Waals surface area (Å²) >= 11 is 0. The summed E-state index contributed by atoms with van der Waals surface area (Å²) in [5, 5.41) is 6.25. The Hall–Kier alpha value is -2.89. The molecule has 4 rings (SSSR count). The lowest BCUT2D eigenvalue weighted by Crippen LogP contribution is -2.17. The largest absolute Gasteiger partial charge is 0.369 e. The molecule has 1 atom stereocenters. The van der Waals surface area contributed by atoms with Crippen LogP contribution in [0.1, 0.15) is 48.1 Å². The summed E-state index contributed by atoms with van der Waals surface area (Å²) < 4.78 is 0. The Morgan fingerprint density at radius 3 is 2.84 bits per heavy atom. The number of carbonyl (C=O) groups is 1. The van der Waals surface area contributed by atoms with Crippen molar-refractivity contribution in [2.24, 2.45) is 0 Å². The summed E-state index contributed by atoms with van der Waals surface area (Å²) in [6, 6.07) is 7.86. The van der Waals surface area contributed by atoms with Crippen molar-refractivity contribution in [1.29, 1.82) is 0 Å². The third kappa shape index (κ3) is 2.54. The lowest BCUT2D eigenvalue weighted by Gasteiger charge is -2.11. The van der Waals surface area contributed by atoms with Crippen LogP contribution in [0.4, 0.5) is 5.82 Å². The Kier molecular flexibility index (Phi) is 3.67. The molecule has 1 aliphatic rings. The van der Waals surface area contributed by atoms with E-state index >= 15 is 0 Å². The molecule has 0 bridgehead atoms. The number of benzene rings is 1. The third-order valence-corrected chi connectivity index (χ3v) is 4.58. The fourth-order valence-corrected chi connectivity index (χ4v) is 3.29. The van der Waals surface area contributed by atoms with Gasteiger partial charge < -0.3 is 15.6 Å². The van der Waals surface area contributed by atoms with Gasteiger partial charge in [0.15, 0.2) is 0 Å². The maximum atomic E-state index is 12.0. The zero-order chi connectivity index (χ0) is 17.6. The topological polar surface area (TPSA) is 82.7 Å². The monoisotopic (exact) mass is 335 g/mol. The minimum absolute atomic E-state index is 0.00124. The number of nitrogens with one attached hydrogen (secondary N) is 3. The number of aryl methyl sites for hydroxylation is 1. The van der Waals surface area contributed by atoms with Gasteiger partial charge in [0.25, 0.3) is 5.91 Å². The van der Waals surface area contributed by atoms with E-state index in [-0.39, 0.29) is 11.9 Å². The van der Waals surface area contributed by atoms with Crippen LogP contribution < -0.4 is 10.6 Å². The molecule has 0 aliphatic carbocycles. The number of carbonyl (C=O) groups excluding carboxylic acids is 1. The van der Waals surface area contributed by atoms with Gasteiger partial charge in [0.05, 0.1) is 28.5 Å². The summed E-state index contributed by atoms with van der Waals surface area (Å²) in [5.41, 5.74) is 6.07. The van der Waals surface area contributed by atoms with Gasteiger partial charge in [-0.3, -0.25) is 4.79 Å². The highest BCUT2D eigenvalue weighted by Gasteiger charge is 2.28. The number of H-pyrrole nitrogens is 1. The van der Waals surface area contributed by atoms with E-state index in [4.69, 9.17) is 4.98 Å². The fourth-order valence-electron chi connectivity index (χ4n) is 3.29. The van der Waals surface area contributed by atoms with Crippen molar-refractivity contribution in [2.45, 2.75) is 33.2 Å². The van der Waals surface area contributed by atoms with Crippen molar-refractivity contribution < 1.29 is 4.79 Å². The molecular weight excluding hydrogens is 314 g/mol. The molecule has 3 N–H and O–H groups in total. The van der Waals surface area contributed by atoms with Crippen molar-refractivity contribution in [2.75, 3.05) is 11.9 Å². The molecule has 25 heavy (non-hydrogen) atoms. The average molecular weight is 335 g/mol. The molecular formula is C19H21N5O. The molecule has 6 heteroatoms. The Balaban J connectivity index is 1.86. The summed E-state index contributed by atoms with van der Waals surface area (Å²) in [4.78, 5) is 24.9. The first-order chi connectivity index (χ1) is 12.1. The SMILES string of the molecule is CCCNc1nc2c(-c3cc4c([nH]3)[C@@H](C)NC4=O)cccc2nc1C. The maximum absolute atomic E-state index is 12.0. The van der Waals surface area contributed by atoms with E-state index < -0.39 is 0 Å².